The van der Waals surface area contributed by atoms with E-state index in [1.807, 2.05) is 0 Å². The zero-order chi connectivity index (χ0) is 6.85. The summed E-state index contributed by atoms with van der Waals surface area (Å²) in [5.41, 5.74) is 0. The van der Waals surface area contributed by atoms with Crippen LogP contribution >= 0.6 is 0 Å². The van der Waals surface area contributed by atoms with Crippen LogP contribution in [0.4, 0.5) is 0 Å². The number of hydrogen-bond acceptors (Lipinski definition) is 6. The second kappa shape index (κ2) is 49.5. The van der Waals surface area contributed by atoms with E-state index in [-0.39, 0.29) is 153 Å². The Labute approximate surface area is 203 Å². The molecule has 18 N–H and O–H groups in total. The normalized spacial score (nSPS) is 4.00. The van der Waals surface area contributed by atoms with Gasteiger partial charge in [-0.25, -0.2) is 0 Å². The van der Waals surface area contributed by atoms with Crippen LogP contribution in [0.25, 0.3) is 0 Å². The molecule has 0 amide bonds. The molecule has 0 aliphatic carbocycles. The summed E-state index contributed by atoms with van der Waals surface area (Å²) in [6.07, 6.45) is 0. The van der Waals surface area contributed by atoms with Gasteiger partial charge in [0.1, 0.15) is 0 Å². The van der Waals surface area contributed by atoms with Gasteiger partial charge in [0.05, 0.1) is 0 Å². The van der Waals surface area contributed by atoms with Gasteiger partial charge in [-0.3, -0.25) is 15.0 Å². The maximum absolute atomic E-state index is 4.59. The summed E-state index contributed by atoms with van der Waals surface area (Å²) >= 11 is 13.8. The molecular weight excluding hydrogens is 387 g/mol. The first-order chi connectivity index (χ1) is 4.18. The van der Waals surface area contributed by atoms with E-state index >= 15 is 0 Å². The molecule has 0 radical (unpaired) electrons. The van der Waals surface area contributed by atoms with Crippen LogP contribution in [0.1, 0.15) is 0 Å². The van der Waals surface area contributed by atoms with E-state index in [2.05, 4.69) is 52.8 Å². The molecule has 0 unspecified atom stereocenters. The number of rotatable bonds is 0. The Balaban J connectivity index is -0.00000000675. The van der Waals surface area contributed by atoms with E-state index in [1.54, 1.807) is 0 Å². The van der Waals surface area contributed by atoms with Crippen LogP contribution in [0.3, 0.4) is 0 Å². The largest absolute Gasteiger partial charge is 1.00 e. The standard InChI is InChI=1S/C3H3N3S3.3Na.9H2O/c7-1-4-2(8)6-3(9)5-1;;;;;;;;;;;;/h(H3,4,5,6,7,8,9);;;;9*1H2/q;3*+1;;;;;;;;;/p-3. The van der Waals surface area contributed by atoms with Gasteiger partial charge in [0.2, 0.25) is 0 Å². The van der Waals surface area contributed by atoms with Crippen molar-refractivity contribution in [2.75, 3.05) is 0 Å². The molecule has 1 aromatic rings. The predicted molar refractivity (Wildman–Crippen MR) is 69.2 cm³/mol. The molecule has 0 bridgehead atoms. The fourth-order valence-electron chi connectivity index (χ4n) is 0.320. The molecular formula is C3H18N3Na3O9S3. The van der Waals surface area contributed by atoms with Crippen molar-refractivity contribution < 1.29 is 138 Å². The van der Waals surface area contributed by atoms with Gasteiger partial charge in [0, 0.05) is 15.5 Å². The molecule has 0 saturated carbocycles. The molecule has 0 aromatic carbocycles. The van der Waals surface area contributed by atoms with E-state index in [4.69, 9.17) is 0 Å². The van der Waals surface area contributed by atoms with Gasteiger partial charge in [-0.2, -0.15) is 0 Å². The molecule has 21 heavy (non-hydrogen) atoms. The Morgan fingerprint density at radius 1 is 0.381 bits per heavy atom. The first kappa shape index (κ1) is 90.7. The van der Waals surface area contributed by atoms with Crippen LogP contribution < -0.4 is 88.7 Å². The zero-order valence-corrected chi connectivity index (χ0v) is 20.0. The summed E-state index contributed by atoms with van der Waals surface area (Å²) in [6, 6.07) is 0. The van der Waals surface area contributed by atoms with Crippen LogP contribution in [0, 0.1) is 0 Å². The number of hydrogen-bond donors (Lipinski definition) is 0. The van der Waals surface area contributed by atoms with Crippen molar-refractivity contribution in [2.45, 2.75) is 15.5 Å². The number of aromatic nitrogens is 3. The van der Waals surface area contributed by atoms with Crippen LogP contribution in [0.15, 0.2) is 15.5 Å². The van der Waals surface area contributed by atoms with E-state index in [9.17, 15) is 0 Å². The molecule has 0 saturated heterocycles. The number of nitrogens with zero attached hydrogens (tertiary/aromatic N) is 3. The zero-order valence-electron chi connectivity index (χ0n) is 11.6. The Morgan fingerprint density at radius 3 is 0.571 bits per heavy atom. The average Bonchev–Trinajstić information content (AvgIpc) is 1.59. The molecule has 0 atom stereocenters. The summed E-state index contributed by atoms with van der Waals surface area (Å²) in [6.45, 7) is 0. The third-order valence-corrected chi connectivity index (χ3v) is 1.12. The van der Waals surface area contributed by atoms with Crippen molar-refractivity contribution in [1.82, 2.24) is 15.0 Å². The van der Waals surface area contributed by atoms with Crippen molar-refractivity contribution in [3.05, 3.63) is 0 Å². The van der Waals surface area contributed by atoms with Crippen molar-refractivity contribution in [3.63, 3.8) is 0 Å². The molecule has 1 rings (SSSR count). The third-order valence-electron chi connectivity index (χ3n) is 0.574. The maximum atomic E-state index is 4.59. The van der Waals surface area contributed by atoms with E-state index in [1.165, 1.54) is 0 Å². The topological polar surface area (TPSA) is 322 Å². The van der Waals surface area contributed by atoms with Crippen molar-refractivity contribution in [2.24, 2.45) is 0 Å². The van der Waals surface area contributed by atoms with Gasteiger partial charge in [0.15, 0.2) is 0 Å². The summed E-state index contributed by atoms with van der Waals surface area (Å²) in [5.74, 6) is 0. The van der Waals surface area contributed by atoms with Crippen molar-refractivity contribution >= 4 is 37.9 Å². The fourth-order valence-corrected chi connectivity index (χ4v) is 1.01. The Hall–Kier alpha value is 2.31. The summed E-state index contributed by atoms with van der Waals surface area (Å²) in [7, 11) is 0. The van der Waals surface area contributed by atoms with Crippen molar-refractivity contribution in [3.8, 4) is 0 Å². The van der Waals surface area contributed by atoms with Crippen LogP contribution in [-0.4, -0.2) is 64.2 Å². The maximum Gasteiger partial charge on any atom is 1.00 e. The summed E-state index contributed by atoms with van der Waals surface area (Å²) < 4.78 is 0. The van der Waals surface area contributed by atoms with Gasteiger partial charge >= 0.3 is 88.7 Å². The minimum absolute atomic E-state index is 0. The molecule has 0 aliphatic heterocycles. The van der Waals surface area contributed by atoms with Crippen molar-refractivity contribution in [1.29, 1.82) is 0 Å². The van der Waals surface area contributed by atoms with E-state index in [0.29, 0.717) is 0 Å². The van der Waals surface area contributed by atoms with Crippen LogP contribution in [-0.2, 0) is 37.9 Å². The quantitative estimate of drug-likeness (QED) is 0.297. The van der Waals surface area contributed by atoms with Crippen LogP contribution in [0.2, 0.25) is 0 Å². The fraction of sp³-hybridized carbons (Fsp3) is 0. The van der Waals surface area contributed by atoms with Gasteiger partial charge in [-0.1, -0.05) is 0 Å². The predicted octanol–water partition coefficient (Wildman–Crippen LogP) is -16.8. The van der Waals surface area contributed by atoms with Crippen LogP contribution in [0.5, 0.6) is 0 Å². The minimum Gasteiger partial charge on any atom is -0.740 e. The Kier molecular flexibility index (Phi) is 214. The summed E-state index contributed by atoms with van der Waals surface area (Å²) in [5, 5.41) is 0.500. The smallest absolute Gasteiger partial charge is 0.740 e. The van der Waals surface area contributed by atoms with Gasteiger partial charge in [-0.05, 0) is 0 Å². The molecule has 12 nitrogen and oxygen atoms in total. The molecule has 0 aliphatic rings. The molecule has 0 fully saturated rings. The molecule has 18 heteroatoms. The molecule has 1 aromatic heterocycles. The van der Waals surface area contributed by atoms with Gasteiger partial charge in [0.25, 0.3) is 0 Å². The van der Waals surface area contributed by atoms with Gasteiger partial charge in [-0.15, -0.1) is 0 Å². The average molecular weight is 405 g/mol. The first-order valence-corrected chi connectivity index (χ1v) is 3.18. The first-order valence-electron chi connectivity index (χ1n) is 1.95. The monoisotopic (exact) mass is 405 g/mol. The SMILES string of the molecule is O.O.O.O.O.O.O.O.O.[Na+].[Na+].[Na+].[S-]c1nc([S-])nc([S-])n1. The molecule has 0 spiro atoms. The molecule has 1 heterocycles. The van der Waals surface area contributed by atoms with Gasteiger partial charge < -0.3 is 87.2 Å². The van der Waals surface area contributed by atoms with E-state index < -0.39 is 0 Å². The summed E-state index contributed by atoms with van der Waals surface area (Å²) in [4.78, 5) is 10.7. The second-order valence-corrected chi connectivity index (χ2v) is 2.28. The Morgan fingerprint density at radius 2 is 0.476 bits per heavy atom. The second-order valence-electron chi connectivity index (χ2n) is 1.18. The van der Waals surface area contributed by atoms with E-state index in [0.717, 1.165) is 0 Å². The molecule has 120 valence electrons. The third kappa shape index (κ3) is 44.9. The minimum atomic E-state index is 0. The Bertz CT molecular complexity index is 205.